The molecule has 0 amide bonds. The third-order valence-electron chi connectivity index (χ3n) is 4.65. The smallest absolute Gasteiger partial charge is 0.150 e. The van der Waals surface area contributed by atoms with E-state index < -0.39 is 0 Å². The first-order valence-corrected chi connectivity index (χ1v) is 7.77. The number of hydrogen-bond donors (Lipinski definition) is 1. The molecule has 1 atom stereocenters. The number of likely N-dealkylation sites (tertiary alicyclic amines) is 1. The molecule has 1 saturated heterocycles. The summed E-state index contributed by atoms with van der Waals surface area (Å²) in [5.74, 6) is 1.80. The van der Waals surface area contributed by atoms with E-state index in [1.54, 1.807) is 0 Å². The summed E-state index contributed by atoms with van der Waals surface area (Å²) in [6.07, 6.45) is 6.04. The molecular formula is C16H24N6. The second-order valence-electron chi connectivity index (χ2n) is 6.26. The van der Waals surface area contributed by atoms with Gasteiger partial charge in [0, 0.05) is 38.6 Å². The summed E-state index contributed by atoms with van der Waals surface area (Å²) in [7, 11) is 3.94. The minimum Gasteiger partial charge on any atom is -0.373 e. The van der Waals surface area contributed by atoms with Crippen LogP contribution in [-0.2, 0) is 19.1 Å². The van der Waals surface area contributed by atoms with Gasteiger partial charge >= 0.3 is 0 Å². The molecule has 0 radical (unpaired) electrons. The molecular weight excluding hydrogens is 276 g/mol. The van der Waals surface area contributed by atoms with Gasteiger partial charge in [0.25, 0.3) is 0 Å². The number of imidazole rings is 1. The highest BCUT2D eigenvalue weighted by Crippen LogP contribution is 2.38. The number of rotatable bonds is 4. The maximum absolute atomic E-state index is 4.72. The summed E-state index contributed by atoms with van der Waals surface area (Å²) < 4.78 is 2.08. The van der Waals surface area contributed by atoms with Crippen LogP contribution in [0.4, 0.5) is 5.82 Å². The van der Waals surface area contributed by atoms with Crippen LogP contribution in [0.1, 0.15) is 37.0 Å². The van der Waals surface area contributed by atoms with Gasteiger partial charge in [-0.1, -0.05) is 0 Å². The maximum atomic E-state index is 4.72. The van der Waals surface area contributed by atoms with Gasteiger partial charge in [0.05, 0.1) is 17.6 Å². The van der Waals surface area contributed by atoms with Crippen molar-refractivity contribution < 1.29 is 0 Å². The fourth-order valence-corrected chi connectivity index (χ4v) is 3.20. The minimum atomic E-state index is -0.123. The summed E-state index contributed by atoms with van der Waals surface area (Å²) in [6, 6.07) is 1.98. The van der Waals surface area contributed by atoms with Gasteiger partial charge in [-0.3, -0.25) is 4.90 Å². The number of nitrogens with zero attached hydrogens (tertiary/aromatic N) is 5. The third kappa shape index (κ3) is 2.59. The van der Waals surface area contributed by atoms with Gasteiger partial charge < -0.3 is 9.88 Å². The van der Waals surface area contributed by atoms with Crippen molar-refractivity contribution in [3.05, 3.63) is 35.8 Å². The highest BCUT2D eigenvalue weighted by molar-refractivity contribution is 5.36. The van der Waals surface area contributed by atoms with Crippen LogP contribution in [-0.4, -0.2) is 38.0 Å². The van der Waals surface area contributed by atoms with Crippen molar-refractivity contribution >= 4 is 5.82 Å². The molecule has 0 saturated carbocycles. The Morgan fingerprint density at radius 1 is 1.36 bits per heavy atom. The van der Waals surface area contributed by atoms with Crippen LogP contribution >= 0.6 is 0 Å². The van der Waals surface area contributed by atoms with Crippen molar-refractivity contribution in [2.75, 3.05) is 18.9 Å². The largest absolute Gasteiger partial charge is 0.373 e. The fourth-order valence-electron chi connectivity index (χ4n) is 3.20. The molecule has 0 unspecified atom stereocenters. The zero-order valence-electron chi connectivity index (χ0n) is 13.8. The molecule has 1 N–H and O–H groups in total. The molecule has 1 aliphatic heterocycles. The minimum absolute atomic E-state index is 0.123. The van der Waals surface area contributed by atoms with Crippen molar-refractivity contribution in [2.24, 2.45) is 7.05 Å². The first kappa shape index (κ1) is 15.0. The van der Waals surface area contributed by atoms with Gasteiger partial charge in [-0.2, -0.15) is 0 Å². The van der Waals surface area contributed by atoms with E-state index in [9.17, 15) is 0 Å². The Morgan fingerprint density at radius 2 is 2.18 bits per heavy atom. The molecule has 118 valence electrons. The molecule has 1 aliphatic rings. The van der Waals surface area contributed by atoms with E-state index in [-0.39, 0.29) is 5.54 Å². The number of aromatic nitrogens is 4. The predicted octanol–water partition coefficient (Wildman–Crippen LogP) is 2.07. The van der Waals surface area contributed by atoms with Crippen LogP contribution in [0.15, 0.2) is 18.6 Å². The topological polar surface area (TPSA) is 58.9 Å². The molecule has 6 heteroatoms. The highest BCUT2D eigenvalue weighted by atomic mass is 15.3. The lowest BCUT2D eigenvalue weighted by molar-refractivity contribution is 0.134. The zero-order valence-corrected chi connectivity index (χ0v) is 13.8. The predicted molar refractivity (Wildman–Crippen MR) is 86.5 cm³/mol. The molecule has 2 aromatic heterocycles. The lowest BCUT2D eigenvalue weighted by atomic mass is 9.97. The van der Waals surface area contributed by atoms with Crippen molar-refractivity contribution in [2.45, 2.75) is 38.8 Å². The molecule has 0 aliphatic carbocycles. The van der Waals surface area contributed by atoms with Crippen molar-refractivity contribution in [3.63, 3.8) is 0 Å². The standard InChI is InChI=1S/C16H24N6/c1-12-8-14(17-3)20-15(19-12)16(2)6-5-7-22(16)10-13-9-18-11-21(13)4/h8-9,11H,5-7,10H2,1-4H3,(H,17,19,20)/t16-/m0/s1. The maximum Gasteiger partial charge on any atom is 0.150 e. The average Bonchev–Trinajstić information content (AvgIpc) is 3.07. The van der Waals surface area contributed by atoms with Crippen molar-refractivity contribution in [1.29, 1.82) is 0 Å². The summed E-state index contributed by atoms with van der Waals surface area (Å²) in [6.45, 7) is 6.22. The van der Waals surface area contributed by atoms with E-state index in [2.05, 4.69) is 26.7 Å². The highest BCUT2D eigenvalue weighted by Gasteiger charge is 2.41. The summed E-state index contributed by atoms with van der Waals surface area (Å²) in [5.41, 5.74) is 2.10. The molecule has 0 spiro atoms. The molecule has 2 aromatic rings. The molecule has 22 heavy (non-hydrogen) atoms. The molecule has 3 heterocycles. The Hall–Kier alpha value is -1.95. The summed E-state index contributed by atoms with van der Waals surface area (Å²) >= 11 is 0. The Balaban J connectivity index is 1.93. The monoisotopic (exact) mass is 300 g/mol. The van der Waals surface area contributed by atoms with E-state index in [4.69, 9.17) is 9.97 Å². The number of aryl methyl sites for hydroxylation is 2. The van der Waals surface area contributed by atoms with Gasteiger partial charge in [-0.15, -0.1) is 0 Å². The van der Waals surface area contributed by atoms with Crippen molar-refractivity contribution in [1.82, 2.24) is 24.4 Å². The Kier molecular flexibility index (Phi) is 3.87. The van der Waals surface area contributed by atoms with E-state index in [0.29, 0.717) is 0 Å². The summed E-state index contributed by atoms with van der Waals surface area (Å²) in [4.78, 5) is 16.1. The Morgan fingerprint density at radius 3 is 2.86 bits per heavy atom. The van der Waals surface area contributed by atoms with E-state index >= 15 is 0 Å². The molecule has 1 fully saturated rings. The number of nitrogens with one attached hydrogen (secondary N) is 1. The molecule has 6 nitrogen and oxygen atoms in total. The van der Waals surface area contributed by atoms with Crippen LogP contribution in [0.5, 0.6) is 0 Å². The van der Waals surface area contributed by atoms with E-state index in [1.807, 2.05) is 39.6 Å². The first-order valence-electron chi connectivity index (χ1n) is 7.77. The van der Waals surface area contributed by atoms with Gasteiger partial charge in [0.1, 0.15) is 5.82 Å². The zero-order chi connectivity index (χ0) is 15.7. The van der Waals surface area contributed by atoms with Gasteiger partial charge in [-0.25, -0.2) is 15.0 Å². The normalized spacial score (nSPS) is 22.2. The van der Waals surface area contributed by atoms with E-state index in [1.165, 1.54) is 12.1 Å². The van der Waals surface area contributed by atoms with Crippen molar-refractivity contribution in [3.8, 4) is 0 Å². The summed E-state index contributed by atoms with van der Waals surface area (Å²) in [5, 5.41) is 3.13. The Labute approximate surface area is 131 Å². The molecule has 0 bridgehead atoms. The SMILES string of the molecule is CNc1cc(C)nc([C@]2(C)CCCN2Cc2cncn2C)n1. The van der Waals surface area contributed by atoms with E-state index in [0.717, 1.165) is 36.8 Å². The molecule has 0 aromatic carbocycles. The number of anilines is 1. The van der Waals surface area contributed by atoms with Gasteiger partial charge in [-0.05, 0) is 33.2 Å². The van der Waals surface area contributed by atoms with Crippen LogP contribution in [0.25, 0.3) is 0 Å². The van der Waals surface area contributed by atoms with Crippen LogP contribution < -0.4 is 5.32 Å². The van der Waals surface area contributed by atoms with Gasteiger partial charge in [0.2, 0.25) is 0 Å². The average molecular weight is 300 g/mol. The van der Waals surface area contributed by atoms with Crippen LogP contribution in [0.2, 0.25) is 0 Å². The number of hydrogen-bond acceptors (Lipinski definition) is 5. The quantitative estimate of drug-likeness (QED) is 0.936. The lowest BCUT2D eigenvalue weighted by Crippen LogP contribution is -2.40. The molecule has 3 rings (SSSR count). The second-order valence-corrected chi connectivity index (χ2v) is 6.26. The fraction of sp³-hybridized carbons (Fsp3) is 0.562. The second kappa shape index (κ2) is 5.68. The van der Waals surface area contributed by atoms with Gasteiger partial charge in [0.15, 0.2) is 5.82 Å². The van der Waals surface area contributed by atoms with Crippen LogP contribution in [0.3, 0.4) is 0 Å². The first-order chi connectivity index (χ1) is 10.5. The third-order valence-corrected chi connectivity index (χ3v) is 4.65. The lowest BCUT2D eigenvalue weighted by Gasteiger charge is -2.34. The van der Waals surface area contributed by atoms with Crippen LogP contribution in [0, 0.1) is 6.92 Å². The Bertz CT molecular complexity index is 664.